The van der Waals surface area contributed by atoms with Crippen LogP contribution >= 0.6 is 0 Å². The maximum absolute atomic E-state index is 4.14. The first-order valence-corrected chi connectivity index (χ1v) is 7.72. The fourth-order valence-electron chi connectivity index (χ4n) is 3.12. The van der Waals surface area contributed by atoms with Crippen molar-refractivity contribution in [3.63, 3.8) is 0 Å². The van der Waals surface area contributed by atoms with E-state index in [1.807, 2.05) is 12.4 Å². The molecule has 0 amide bonds. The largest absolute Gasteiger partial charge is 0.305 e. The summed E-state index contributed by atoms with van der Waals surface area (Å²) in [6.45, 7) is 2.33. The summed E-state index contributed by atoms with van der Waals surface area (Å²) in [5, 5.41) is 3.85. The summed E-state index contributed by atoms with van der Waals surface area (Å²) in [5.74, 6) is 0. The molecule has 1 aromatic carbocycles. The molecular formula is C18H23N3. The number of aromatic nitrogens is 1. The molecule has 1 aliphatic rings. The minimum atomic E-state index is 0.241. The number of likely N-dealkylation sites (N-methyl/N-ethyl adjacent to an activating group) is 1. The molecule has 2 unspecified atom stereocenters. The van der Waals surface area contributed by atoms with Gasteiger partial charge in [0.25, 0.3) is 0 Å². The summed E-state index contributed by atoms with van der Waals surface area (Å²) in [4.78, 5) is 6.56. The van der Waals surface area contributed by atoms with Crippen molar-refractivity contribution in [1.82, 2.24) is 15.2 Å². The van der Waals surface area contributed by atoms with E-state index < -0.39 is 0 Å². The fourth-order valence-corrected chi connectivity index (χ4v) is 3.12. The second kappa shape index (κ2) is 6.83. The van der Waals surface area contributed by atoms with Gasteiger partial charge in [-0.15, -0.1) is 0 Å². The average Bonchev–Trinajstić information content (AvgIpc) is 2.54. The number of nitrogens with zero attached hydrogens (tertiary/aromatic N) is 2. The first kappa shape index (κ1) is 14.2. The molecule has 0 aliphatic carbocycles. The van der Waals surface area contributed by atoms with Crippen LogP contribution in [-0.4, -0.2) is 36.1 Å². The molecule has 0 bridgehead atoms. The van der Waals surface area contributed by atoms with Gasteiger partial charge in [0.05, 0.1) is 6.04 Å². The summed E-state index contributed by atoms with van der Waals surface area (Å²) in [6.07, 6.45) is 6.27. The Hall–Kier alpha value is -1.71. The Balaban J connectivity index is 1.83. The van der Waals surface area contributed by atoms with Crippen molar-refractivity contribution in [2.45, 2.75) is 24.9 Å². The van der Waals surface area contributed by atoms with Crippen LogP contribution in [0.3, 0.4) is 0 Å². The number of nitrogens with one attached hydrogen (secondary N) is 1. The number of benzene rings is 1. The van der Waals surface area contributed by atoms with E-state index in [1.54, 1.807) is 0 Å². The number of rotatable bonds is 4. The highest BCUT2D eigenvalue weighted by atomic mass is 15.1. The lowest BCUT2D eigenvalue weighted by molar-refractivity contribution is 0.221. The molecule has 1 aromatic heterocycles. The molecule has 2 aromatic rings. The van der Waals surface area contributed by atoms with Crippen molar-refractivity contribution in [3.05, 3.63) is 66.0 Å². The Labute approximate surface area is 127 Å². The Morgan fingerprint density at radius 3 is 2.52 bits per heavy atom. The molecule has 1 N–H and O–H groups in total. The van der Waals surface area contributed by atoms with Crippen LogP contribution < -0.4 is 5.32 Å². The molecular weight excluding hydrogens is 258 g/mol. The minimum absolute atomic E-state index is 0.241. The van der Waals surface area contributed by atoms with E-state index >= 15 is 0 Å². The maximum Gasteiger partial charge on any atom is 0.0580 e. The van der Waals surface area contributed by atoms with E-state index in [-0.39, 0.29) is 6.04 Å². The molecule has 3 rings (SSSR count). The third-order valence-electron chi connectivity index (χ3n) is 4.20. The fraction of sp³-hybridized carbons (Fsp3) is 0.389. The Morgan fingerprint density at radius 2 is 1.81 bits per heavy atom. The number of likely N-dealkylation sites (tertiary alicyclic amines) is 1. The van der Waals surface area contributed by atoms with Crippen LogP contribution in [0, 0.1) is 0 Å². The highest BCUT2D eigenvalue weighted by Gasteiger charge is 2.22. The van der Waals surface area contributed by atoms with Crippen LogP contribution in [0.2, 0.25) is 0 Å². The van der Waals surface area contributed by atoms with Crippen LogP contribution in [-0.2, 0) is 0 Å². The quantitative estimate of drug-likeness (QED) is 0.934. The van der Waals surface area contributed by atoms with E-state index in [1.165, 1.54) is 30.5 Å². The predicted octanol–water partition coefficient (Wildman–Crippen LogP) is 2.85. The van der Waals surface area contributed by atoms with Gasteiger partial charge in [0, 0.05) is 25.0 Å². The van der Waals surface area contributed by atoms with Crippen molar-refractivity contribution in [1.29, 1.82) is 0 Å². The molecule has 110 valence electrons. The van der Waals surface area contributed by atoms with E-state index in [0.717, 1.165) is 6.54 Å². The highest BCUT2D eigenvalue weighted by Crippen LogP contribution is 2.23. The molecule has 3 heteroatoms. The van der Waals surface area contributed by atoms with E-state index in [9.17, 15) is 0 Å². The smallest absolute Gasteiger partial charge is 0.0580 e. The SMILES string of the molecule is CN1CCCC(NC(c2ccccc2)c2ccncc2)C1. The number of pyridine rings is 1. The minimum Gasteiger partial charge on any atom is -0.305 e. The first-order valence-electron chi connectivity index (χ1n) is 7.72. The zero-order valence-corrected chi connectivity index (χ0v) is 12.6. The highest BCUT2D eigenvalue weighted by molar-refractivity contribution is 5.30. The normalized spacial score (nSPS) is 21.1. The first-order chi connectivity index (χ1) is 10.3. The third kappa shape index (κ3) is 3.69. The van der Waals surface area contributed by atoms with Gasteiger partial charge in [0.2, 0.25) is 0 Å². The zero-order chi connectivity index (χ0) is 14.5. The van der Waals surface area contributed by atoms with Gasteiger partial charge < -0.3 is 10.2 Å². The van der Waals surface area contributed by atoms with Gasteiger partial charge in [0.1, 0.15) is 0 Å². The summed E-state index contributed by atoms with van der Waals surface area (Å²) < 4.78 is 0. The summed E-state index contributed by atoms with van der Waals surface area (Å²) in [6, 6.07) is 15.7. The number of hydrogen-bond acceptors (Lipinski definition) is 3. The summed E-state index contributed by atoms with van der Waals surface area (Å²) >= 11 is 0. The van der Waals surface area contributed by atoms with Gasteiger partial charge in [-0.25, -0.2) is 0 Å². The van der Waals surface area contributed by atoms with Crippen molar-refractivity contribution >= 4 is 0 Å². The second-order valence-electron chi connectivity index (χ2n) is 5.89. The predicted molar refractivity (Wildman–Crippen MR) is 86.2 cm³/mol. The van der Waals surface area contributed by atoms with Gasteiger partial charge in [-0.1, -0.05) is 30.3 Å². The molecule has 2 atom stereocenters. The molecule has 1 aliphatic heterocycles. The molecule has 1 saturated heterocycles. The van der Waals surface area contributed by atoms with Crippen molar-refractivity contribution in [2.75, 3.05) is 20.1 Å². The van der Waals surface area contributed by atoms with Crippen LogP contribution in [0.15, 0.2) is 54.9 Å². The topological polar surface area (TPSA) is 28.2 Å². The maximum atomic E-state index is 4.14. The lowest BCUT2D eigenvalue weighted by Crippen LogP contribution is -2.45. The average molecular weight is 281 g/mol. The molecule has 0 radical (unpaired) electrons. The number of hydrogen-bond donors (Lipinski definition) is 1. The second-order valence-corrected chi connectivity index (χ2v) is 5.89. The molecule has 1 fully saturated rings. The van der Waals surface area contributed by atoms with Crippen LogP contribution in [0.5, 0.6) is 0 Å². The van der Waals surface area contributed by atoms with Gasteiger partial charge in [-0.2, -0.15) is 0 Å². The van der Waals surface area contributed by atoms with E-state index in [2.05, 4.69) is 64.7 Å². The van der Waals surface area contributed by atoms with Crippen LogP contribution in [0.25, 0.3) is 0 Å². The molecule has 21 heavy (non-hydrogen) atoms. The van der Waals surface area contributed by atoms with Gasteiger partial charge >= 0.3 is 0 Å². The molecule has 3 nitrogen and oxygen atoms in total. The van der Waals surface area contributed by atoms with Gasteiger partial charge in [-0.3, -0.25) is 4.98 Å². The van der Waals surface area contributed by atoms with Gasteiger partial charge in [0.15, 0.2) is 0 Å². The molecule has 0 saturated carbocycles. The monoisotopic (exact) mass is 281 g/mol. The van der Waals surface area contributed by atoms with E-state index in [0.29, 0.717) is 6.04 Å². The zero-order valence-electron chi connectivity index (χ0n) is 12.6. The van der Waals surface area contributed by atoms with Crippen molar-refractivity contribution in [2.24, 2.45) is 0 Å². The Bertz CT molecular complexity index is 501. The lowest BCUT2D eigenvalue weighted by atomic mass is 9.97. The Morgan fingerprint density at radius 1 is 1.10 bits per heavy atom. The van der Waals surface area contributed by atoms with Crippen LogP contribution in [0.1, 0.15) is 30.0 Å². The molecule has 2 heterocycles. The summed E-state index contributed by atoms with van der Waals surface area (Å²) in [5.41, 5.74) is 2.60. The summed E-state index contributed by atoms with van der Waals surface area (Å²) in [7, 11) is 2.21. The van der Waals surface area contributed by atoms with Crippen LogP contribution in [0.4, 0.5) is 0 Å². The Kier molecular flexibility index (Phi) is 4.63. The van der Waals surface area contributed by atoms with Crippen molar-refractivity contribution in [3.8, 4) is 0 Å². The standard InChI is InChI=1S/C18H23N3/c1-21-13-5-8-17(14-21)20-18(15-6-3-2-4-7-15)16-9-11-19-12-10-16/h2-4,6-7,9-12,17-18,20H,5,8,13-14H2,1H3. The molecule has 0 spiro atoms. The lowest BCUT2D eigenvalue weighted by Gasteiger charge is -2.33. The van der Waals surface area contributed by atoms with E-state index in [4.69, 9.17) is 0 Å². The number of piperidine rings is 1. The van der Waals surface area contributed by atoms with Gasteiger partial charge in [-0.05, 0) is 49.7 Å². The van der Waals surface area contributed by atoms with Crippen molar-refractivity contribution < 1.29 is 0 Å². The third-order valence-corrected chi connectivity index (χ3v) is 4.20.